The molecule has 0 unspecified atom stereocenters. The molecule has 1 aromatic heterocycles. The van der Waals surface area contributed by atoms with Gasteiger partial charge < -0.3 is 9.64 Å². The lowest BCUT2D eigenvalue weighted by Gasteiger charge is -2.37. The van der Waals surface area contributed by atoms with Gasteiger partial charge in [-0.05, 0) is 58.6 Å². The molecule has 1 fully saturated rings. The number of amides is 1. The van der Waals surface area contributed by atoms with E-state index in [1.165, 1.54) is 0 Å². The molecule has 2 rings (SSSR count). The first-order valence-electron chi connectivity index (χ1n) is 7.40. The van der Waals surface area contributed by atoms with E-state index >= 15 is 0 Å². The summed E-state index contributed by atoms with van der Waals surface area (Å²) >= 11 is 5.93. The third-order valence-electron chi connectivity index (χ3n) is 3.58. The van der Waals surface area contributed by atoms with Crippen LogP contribution in [0.4, 0.5) is 4.79 Å². The first-order chi connectivity index (χ1) is 9.78. The lowest BCUT2D eigenvalue weighted by Crippen LogP contribution is -2.42. The van der Waals surface area contributed by atoms with E-state index in [0.29, 0.717) is 5.15 Å². The second-order valence-electron chi connectivity index (χ2n) is 6.49. The quantitative estimate of drug-likeness (QED) is 0.717. The molecular weight excluding hydrogens is 288 g/mol. The second-order valence-corrected chi connectivity index (χ2v) is 6.88. The third kappa shape index (κ3) is 4.10. The minimum absolute atomic E-state index is 0.0263. The third-order valence-corrected chi connectivity index (χ3v) is 3.79. The van der Waals surface area contributed by atoms with Crippen LogP contribution in [-0.4, -0.2) is 28.1 Å². The molecule has 0 N–H and O–H groups in total. The summed E-state index contributed by atoms with van der Waals surface area (Å²) in [7, 11) is 0. The minimum atomic E-state index is -0.480. The lowest BCUT2D eigenvalue weighted by atomic mass is 9.95. The predicted molar refractivity (Wildman–Crippen MR) is 83.5 cm³/mol. The molecule has 2 heterocycles. The summed E-state index contributed by atoms with van der Waals surface area (Å²) < 4.78 is 5.53. The summed E-state index contributed by atoms with van der Waals surface area (Å²) in [4.78, 5) is 18.6. The Morgan fingerprint density at radius 2 is 2.10 bits per heavy atom. The van der Waals surface area contributed by atoms with Gasteiger partial charge in [0.1, 0.15) is 10.8 Å². The number of rotatable bonds is 1. The van der Waals surface area contributed by atoms with Crippen molar-refractivity contribution in [3.63, 3.8) is 0 Å². The number of carbonyl (C=O) groups is 1. The molecule has 1 aromatic rings. The van der Waals surface area contributed by atoms with Crippen molar-refractivity contribution in [1.82, 2.24) is 9.88 Å². The van der Waals surface area contributed by atoms with Crippen molar-refractivity contribution in [2.45, 2.75) is 58.6 Å². The van der Waals surface area contributed by atoms with Crippen LogP contribution < -0.4 is 0 Å². The van der Waals surface area contributed by atoms with E-state index in [0.717, 1.165) is 37.1 Å². The number of nitrogens with zero attached hydrogens (tertiary/aromatic N) is 2. The Bertz CT molecular complexity index is 525. The fourth-order valence-corrected chi connectivity index (χ4v) is 2.88. The van der Waals surface area contributed by atoms with Gasteiger partial charge in [-0.25, -0.2) is 9.78 Å². The maximum absolute atomic E-state index is 12.4. The molecule has 0 aromatic carbocycles. The number of piperidine rings is 1. The SMILES string of the molecule is Cc1nc(Cl)ccc1[C@@H]1CCCCN1C(=O)OC(C)(C)C. The van der Waals surface area contributed by atoms with E-state index in [1.54, 1.807) is 6.07 Å². The fraction of sp³-hybridized carbons (Fsp3) is 0.625. The number of carbonyl (C=O) groups excluding carboxylic acids is 1. The molecule has 0 bridgehead atoms. The van der Waals surface area contributed by atoms with Crippen LogP contribution in [0.15, 0.2) is 12.1 Å². The Hall–Kier alpha value is -1.29. The van der Waals surface area contributed by atoms with Crippen molar-refractivity contribution in [2.24, 2.45) is 0 Å². The van der Waals surface area contributed by atoms with Gasteiger partial charge in [-0.2, -0.15) is 0 Å². The van der Waals surface area contributed by atoms with Gasteiger partial charge in [-0.15, -0.1) is 0 Å². The molecule has 116 valence electrons. The summed E-state index contributed by atoms with van der Waals surface area (Å²) in [6, 6.07) is 3.78. The maximum atomic E-state index is 12.4. The summed E-state index contributed by atoms with van der Waals surface area (Å²) in [6.45, 7) is 8.32. The number of hydrogen-bond acceptors (Lipinski definition) is 3. The Labute approximate surface area is 131 Å². The van der Waals surface area contributed by atoms with Crippen molar-refractivity contribution in [3.8, 4) is 0 Å². The topological polar surface area (TPSA) is 42.4 Å². The summed E-state index contributed by atoms with van der Waals surface area (Å²) in [6.07, 6.45) is 2.80. The normalized spacial score (nSPS) is 19.5. The molecule has 1 saturated heterocycles. The average molecular weight is 311 g/mol. The van der Waals surface area contributed by atoms with E-state index < -0.39 is 5.60 Å². The van der Waals surface area contributed by atoms with E-state index in [4.69, 9.17) is 16.3 Å². The molecule has 5 heteroatoms. The Morgan fingerprint density at radius 3 is 2.71 bits per heavy atom. The van der Waals surface area contributed by atoms with Crippen molar-refractivity contribution in [3.05, 3.63) is 28.5 Å². The molecule has 0 aliphatic carbocycles. The molecule has 1 aliphatic rings. The standard InChI is InChI=1S/C16H23ClN2O2/c1-11-12(8-9-14(17)18-11)13-7-5-6-10-19(13)15(20)21-16(2,3)4/h8-9,13H,5-7,10H2,1-4H3/t13-/m0/s1. The molecule has 21 heavy (non-hydrogen) atoms. The van der Waals surface area contributed by atoms with Crippen LogP contribution in [0, 0.1) is 6.92 Å². The molecule has 1 atom stereocenters. The molecular formula is C16H23ClN2O2. The minimum Gasteiger partial charge on any atom is -0.444 e. The van der Waals surface area contributed by atoms with Crippen LogP contribution in [0.25, 0.3) is 0 Å². The van der Waals surface area contributed by atoms with E-state index in [1.807, 2.05) is 38.7 Å². The van der Waals surface area contributed by atoms with Crippen LogP contribution in [-0.2, 0) is 4.74 Å². The highest BCUT2D eigenvalue weighted by molar-refractivity contribution is 6.29. The zero-order valence-electron chi connectivity index (χ0n) is 13.1. The van der Waals surface area contributed by atoms with Crippen LogP contribution >= 0.6 is 11.6 Å². The van der Waals surface area contributed by atoms with Crippen molar-refractivity contribution in [1.29, 1.82) is 0 Å². The molecule has 1 amide bonds. The zero-order chi connectivity index (χ0) is 15.6. The number of halogens is 1. The number of aromatic nitrogens is 1. The fourth-order valence-electron chi connectivity index (χ4n) is 2.69. The van der Waals surface area contributed by atoms with Gasteiger partial charge in [-0.1, -0.05) is 17.7 Å². The van der Waals surface area contributed by atoms with Crippen molar-refractivity contribution >= 4 is 17.7 Å². The summed E-state index contributed by atoms with van der Waals surface area (Å²) in [5, 5.41) is 0.482. The van der Waals surface area contributed by atoms with Crippen molar-refractivity contribution < 1.29 is 9.53 Å². The molecule has 0 saturated carbocycles. The van der Waals surface area contributed by atoms with Crippen LogP contribution in [0.2, 0.25) is 5.15 Å². The van der Waals surface area contributed by atoms with Gasteiger partial charge in [0, 0.05) is 12.2 Å². The van der Waals surface area contributed by atoms with E-state index in [-0.39, 0.29) is 12.1 Å². The van der Waals surface area contributed by atoms with Gasteiger partial charge in [0.25, 0.3) is 0 Å². The highest BCUT2D eigenvalue weighted by Crippen LogP contribution is 2.33. The molecule has 4 nitrogen and oxygen atoms in total. The molecule has 0 radical (unpaired) electrons. The number of likely N-dealkylation sites (tertiary alicyclic amines) is 1. The Morgan fingerprint density at radius 1 is 1.38 bits per heavy atom. The van der Waals surface area contributed by atoms with Gasteiger partial charge in [-0.3, -0.25) is 0 Å². The van der Waals surface area contributed by atoms with E-state index in [9.17, 15) is 4.79 Å². The van der Waals surface area contributed by atoms with E-state index in [2.05, 4.69) is 4.98 Å². The zero-order valence-corrected chi connectivity index (χ0v) is 13.9. The monoisotopic (exact) mass is 310 g/mol. The van der Waals surface area contributed by atoms with Crippen LogP contribution in [0.3, 0.4) is 0 Å². The van der Waals surface area contributed by atoms with Crippen molar-refractivity contribution in [2.75, 3.05) is 6.54 Å². The van der Waals surface area contributed by atoms with Gasteiger partial charge in [0.15, 0.2) is 0 Å². The number of ether oxygens (including phenoxy) is 1. The average Bonchev–Trinajstić information content (AvgIpc) is 2.37. The van der Waals surface area contributed by atoms with Crippen LogP contribution in [0.1, 0.15) is 57.3 Å². The largest absolute Gasteiger partial charge is 0.444 e. The Balaban J connectivity index is 2.24. The second kappa shape index (κ2) is 6.22. The molecule has 1 aliphatic heterocycles. The summed E-state index contributed by atoms with van der Waals surface area (Å²) in [5.74, 6) is 0. The summed E-state index contributed by atoms with van der Waals surface area (Å²) in [5.41, 5.74) is 1.46. The number of aryl methyl sites for hydroxylation is 1. The highest BCUT2D eigenvalue weighted by atomic mass is 35.5. The Kier molecular flexibility index (Phi) is 4.77. The molecule has 0 spiro atoms. The maximum Gasteiger partial charge on any atom is 0.410 e. The first kappa shape index (κ1) is 16.1. The number of hydrogen-bond donors (Lipinski definition) is 0. The van der Waals surface area contributed by atoms with Gasteiger partial charge in [0.2, 0.25) is 0 Å². The van der Waals surface area contributed by atoms with Crippen LogP contribution in [0.5, 0.6) is 0 Å². The lowest BCUT2D eigenvalue weighted by molar-refractivity contribution is 0.00942. The predicted octanol–water partition coefficient (Wildman–Crippen LogP) is 4.51. The van der Waals surface area contributed by atoms with Gasteiger partial charge in [0.05, 0.1) is 6.04 Å². The first-order valence-corrected chi connectivity index (χ1v) is 7.78. The highest BCUT2D eigenvalue weighted by Gasteiger charge is 2.32. The number of pyridine rings is 1. The van der Waals surface area contributed by atoms with Gasteiger partial charge >= 0.3 is 6.09 Å². The smallest absolute Gasteiger partial charge is 0.410 e.